The molecule has 0 heterocycles. The first-order valence-corrected chi connectivity index (χ1v) is 12.1. The third-order valence-electron chi connectivity index (χ3n) is 8.32. The Morgan fingerprint density at radius 2 is 1.89 bits per heavy atom. The summed E-state index contributed by atoms with van der Waals surface area (Å²) in [5.41, 5.74) is 1.31. The molecule has 3 aliphatic rings. The van der Waals surface area contributed by atoms with Crippen LogP contribution in [0.5, 0.6) is 5.75 Å². The van der Waals surface area contributed by atoms with Crippen LogP contribution in [0.2, 0.25) is 0 Å². The number of amides is 1. The van der Waals surface area contributed by atoms with E-state index in [1.807, 2.05) is 13.8 Å². The number of benzene rings is 1. The molecule has 0 unspecified atom stereocenters. The highest BCUT2D eigenvalue weighted by molar-refractivity contribution is 6.23. The molecule has 0 aromatic heterocycles. The zero-order valence-electron chi connectivity index (χ0n) is 20.8. The van der Waals surface area contributed by atoms with Gasteiger partial charge in [0.2, 0.25) is 5.78 Å². The van der Waals surface area contributed by atoms with Crippen molar-refractivity contribution in [3.8, 4) is 11.8 Å². The lowest BCUT2D eigenvalue weighted by molar-refractivity contribution is -0.160. The maximum Gasteiger partial charge on any atom is 0.255 e. The molecule has 5 atom stereocenters. The maximum absolute atomic E-state index is 13.7. The lowest BCUT2D eigenvalue weighted by Gasteiger charge is -2.50. The molecule has 0 spiro atoms. The number of fused-ring (bicyclic) bond motifs is 3. The number of phenols is 1. The minimum absolute atomic E-state index is 0.0299. The normalized spacial score (nSPS) is 29.4. The number of nitrogens with zero attached hydrogens (tertiary/aromatic N) is 1. The maximum atomic E-state index is 13.7. The Hall–Kier alpha value is -3.68. The second-order valence-electron chi connectivity index (χ2n) is 10.8. The number of rotatable bonds is 5. The van der Waals surface area contributed by atoms with Crippen LogP contribution in [-0.4, -0.2) is 54.7 Å². The number of primary amides is 1. The first-order chi connectivity index (χ1) is 17.2. The monoisotopic (exact) mass is 510 g/mol. The van der Waals surface area contributed by atoms with Gasteiger partial charge < -0.3 is 31.3 Å². The van der Waals surface area contributed by atoms with E-state index in [1.54, 1.807) is 19.1 Å². The van der Waals surface area contributed by atoms with Crippen molar-refractivity contribution < 1.29 is 39.9 Å². The van der Waals surface area contributed by atoms with Gasteiger partial charge in [-0.3, -0.25) is 14.4 Å². The van der Waals surface area contributed by atoms with Crippen molar-refractivity contribution in [2.24, 2.45) is 17.6 Å². The molecular formula is C27H30N2O8. The topological polar surface area (TPSA) is 202 Å². The van der Waals surface area contributed by atoms with Gasteiger partial charge in [-0.2, -0.15) is 5.26 Å². The molecule has 4 rings (SSSR count). The highest BCUT2D eigenvalue weighted by Crippen LogP contribution is 2.56. The number of aromatic hydroxyl groups is 1. The van der Waals surface area contributed by atoms with Gasteiger partial charge in [0.05, 0.1) is 17.7 Å². The molecule has 1 aromatic rings. The number of nitriles is 1. The first kappa shape index (κ1) is 26.4. The molecule has 196 valence electrons. The molecule has 1 aromatic carbocycles. The van der Waals surface area contributed by atoms with E-state index in [4.69, 9.17) is 11.0 Å². The minimum atomic E-state index is -2.86. The third-order valence-corrected chi connectivity index (χ3v) is 8.32. The summed E-state index contributed by atoms with van der Waals surface area (Å²) in [5.74, 6) is -8.78. The Kier molecular flexibility index (Phi) is 6.21. The molecular weight excluding hydrogens is 480 g/mol. The fourth-order valence-corrected chi connectivity index (χ4v) is 6.29. The predicted octanol–water partition coefficient (Wildman–Crippen LogP) is 1.93. The van der Waals surface area contributed by atoms with Gasteiger partial charge in [0.1, 0.15) is 22.8 Å². The number of carbonyl (C=O) groups is 3. The van der Waals surface area contributed by atoms with Crippen molar-refractivity contribution in [2.75, 3.05) is 0 Å². The number of Topliss-reactive ketones (excluding diaryl/α,β-unsaturated/α-hetero) is 2. The van der Waals surface area contributed by atoms with Gasteiger partial charge in [-0.15, -0.1) is 0 Å². The number of phenolic OH excluding ortho intramolecular Hbond substituents is 1. The summed E-state index contributed by atoms with van der Waals surface area (Å²) in [4.78, 5) is 38.0. The van der Waals surface area contributed by atoms with E-state index in [9.17, 15) is 39.9 Å². The molecule has 7 N–H and O–H groups in total. The lowest BCUT2D eigenvalue weighted by atomic mass is 9.55. The molecule has 1 fully saturated rings. The molecule has 0 radical (unpaired) electrons. The second-order valence-corrected chi connectivity index (χ2v) is 10.8. The fraction of sp³-hybridized carbons (Fsp3) is 0.481. The van der Waals surface area contributed by atoms with Crippen molar-refractivity contribution in [2.45, 2.75) is 69.5 Å². The Morgan fingerprint density at radius 1 is 1.24 bits per heavy atom. The number of ketones is 2. The number of hydrogen-bond acceptors (Lipinski definition) is 9. The Morgan fingerprint density at radius 3 is 2.49 bits per heavy atom. The van der Waals surface area contributed by atoms with Crippen LogP contribution in [0.15, 0.2) is 29.0 Å². The van der Waals surface area contributed by atoms with Gasteiger partial charge in [-0.1, -0.05) is 32.9 Å². The Labute approximate surface area is 213 Å². The van der Waals surface area contributed by atoms with Crippen LogP contribution in [0.3, 0.4) is 0 Å². The first-order valence-electron chi connectivity index (χ1n) is 12.1. The number of aliphatic hydroxyl groups is 4. The van der Waals surface area contributed by atoms with E-state index in [-0.39, 0.29) is 11.3 Å². The van der Waals surface area contributed by atoms with E-state index in [0.29, 0.717) is 30.4 Å². The third kappa shape index (κ3) is 3.56. The SMILES string of the molecule is C[C@H]1c2ccc(C(C)(C)CCCC#N)c(O)c2C(O)=C2C(=O)[C@]3(O)C(O)=C(C(N)=O)C(=O)C[C@@H]3[C@@H](O)[C@@H]21. The van der Waals surface area contributed by atoms with Crippen LogP contribution in [0.1, 0.15) is 69.1 Å². The number of carbonyl (C=O) groups excluding carboxylic acids is 3. The van der Waals surface area contributed by atoms with Gasteiger partial charge in [0.25, 0.3) is 5.91 Å². The zero-order valence-corrected chi connectivity index (χ0v) is 20.8. The van der Waals surface area contributed by atoms with Crippen molar-refractivity contribution in [1.82, 2.24) is 0 Å². The van der Waals surface area contributed by atoms with E-state index in [0.717, 1.165) is 0 Å². The Bertz CT molecular complexity index is 1330. The van der Waals surface area contributed by atoms with Crippen molar-refractivity contribution >= 4 is 23.2 Å². The molecule has 37 heavy (non-hydrogen) atoms. The summed E-state index contributed by atoms with van der Waals surface area (Å²) in [6.07, 6.45) is -0.701. The average molecular weight is 511 g/mol. The molecule has 10 nitrogen and oxygen atoms in total. The average Bonchev–Trinajstić information content (AvgIpc) is 2.81. The van der Waals surface area contributed by atoms with Crippen LogP contribution in [0, 0.1) is 23.2 Å². The van der Waals surface area contributed by atoms with Crippen molar-refractivity contribution in [3.63, 3.8) is 0 Å². The van der Waals surface area contributed by atoms with Gasteiger partial charge in [-0.25, -0.2) is 0 Å². The molecule has 0 saturated heterocycles. The van der Waals surface area contributed by atoms with Crippen molar-refractivity contribution in [3.05, 3.63) is 45.7 Å². The number of nitrogens with two attached hydrogens (primary N) is 1. The van der Waals surface area contributed by atoms with E-state index in [2.05, 4.69) is 6.07 Å². The van der Waals surface area contributed by atoms with Crippen molar-refractivity contribution in [1.29, 1.82) is 5.26 Å². The van der Waals surface area contributed by atoms with Gasteiger partial charge in [0, 0.05) is 35.8 Å². The summed E-state index contributed by atoms with van der Waals surface area (Å²) < 4.78 is 0. The summed E-state index contributed by atoms with van der Waals surface area (Å²) in [6.45, 7) is 5.44. The number of aliphatic hydroxyl groups excluding tert-OH is 3. The summed E-state index contributed by atoms with van der Waals surface area (Å²) in [5, 5.41) is 64.9. The molecule has 3 aliphatic carbocycles. The molecule has 10 heteroatoms. The van der Waals surface area contributed by atoms with E-state index in [1.165, 1.54) is 0 Å². The smallest absolute Gasteiger partial charge is 0.255 e. The molecule has 0 bridgehead atoms. The molecule has 1 saturated carbocycles. The number of hydrogen-bond donors (Lipinski definition) is 6. The quantitative estimate of drug-likeness (QED) is 0.253. The van der Waals surface area contributed by atoms with Gasteiger partial charge >= 0.3 is 0 Å². The molecule has 0 aliphatic heterocycles. The number of unbranched alkanes of at least 4 members (excludes halogenated alkanes) is 1. The molecule has 1 amide bonds. The Balaban J connectivity index is 1.93. The van der Waals surface area contributed by atoms with Crippen LogP contribution >= 0.6 is 0 Å². The fourth-order valence-electron chi connectivity index (χ4n) is 6.29. The standard InChI is InChI=1S/C27H30N2O8/c1-11-12-6-7-13(26(2,3)8-4-5-9-28)20(31)17(12)22(33)19-16(11)21(32)14-10-15(30)18(25(29)36)23(34)27(14,37)24(19)35/h6-7,11,14,16,21,31-34,37H,4-5,8,10H2,1-3H3,(H2,29,36)/t11-,14+,16+,21+,27+/m0/s1. The minimum Gasteiger partial charge on any atom is -0.508 e. The highest BCUT2D eigenvalue weighted by atomic mass is 16.4. The summed E-state index contributed by atoms with van der Waals surface area (Å²) >= 11 is 0. The summed E-state index contributed by atoms with van der Waals surface area (Å²) in [7, 11) is 0. The predicted molar refractivity (Wildman–Crippen MR) is 130 cm³/mol. The van der Waals surface area contributed by atoms with Gasteiger partial charge in [0.15, 0.2) is 11.4 Å². The summed E-state index contributed by atoms with van der Waals surface area (Å²) in [6, 6.07) is 5.49. The second kappa shape index (κ2) is 8.71. The van der Waals surface area contributed by atoms with E-state index >= 15 is 0 Å². The van der Waals surface area contributed by atoms with E-state index < -0.39 is 81.4 Å². The van der Waals surface area contributed by atoms with Gasteiger partial charge in [-0.05, 0) is 29.7 Å². The zero-order chi connectivity index (χ0) is 27.6. The lowest BCUT2D eigenvalue weighted by Crippen LogP contribution is -2.63. The van der Waals surface area contributed by atoms with Crippen LogP contribution in [0.4, 0.5) is 0 Å². The largest absolute Gasteiger partial charge is 0.508 e. The highest BCUT2D eigenvalue weighted by Gasteiger charge is 2.64. The van der Waals surface area contributed by atoms with Crippen LogP contribution in [0.25, 0.3) is 5.76 Å². The van der Waals surface area contributed by atoms with Crippen LogP contribution in [-0.2, 0) is 19.8 Å². The van der Waals surface area contributed by atoms with Crippen LogP contribution < -0.4 is 5.73 Å².